The van der Waals surface area contributed by atoms with Gasteiger partial charge in [-0.25, -0.2) is 9.97 Å². The minimum Gasteiger partial charge on any atom is -0.366 e. The summed E-state index contributed by atoms with van der Waals surface area (Å²) in [5.41, 5.74) is -0.0632. The standard InChI is InChI=1S/C15H17F3N6/c16-15(17,18)13-6-14(22-10-21-13)23-11-2-1-5-24(8-11)9-12-7-19-3-4-20-12/h3-4,6-7,10-11H,1-2,5,8-9H2,(H,21,22,23). The second-order valence-electron chi connectivity index (χ2n) is 5.70. The van der Waals surface area contributed by atoms with Crippen LogP contribution in [-0.2, 0) is 12.7 Å². The van der Waals surface area contributed by atoms with E-state index >= 15 is 0 Å². The van der Waals surface area contributed by atoms with Crippen molar-refractivity contribution in [2.75, 3.05) is 18.4 Å². The average Bonchev–Trinajstić information content (AvgIpc) is 2.56. The number of hydrogen-bond acceptors (Lipinski definition) is 6. The summed E-state index contributed by atoms with van der Waals surface area (Å²) in [6, 6.07) is 0.980. The molecule has 1 fully saturated rings. The van der Waals surface area contributed by atoms with Crippen LogP contribution in [0.4, 0.5) is 19.0 Å². The molecule has 3 heterocycles. The molecule has 128 valence electrons. The largest absolute Gasteiger partial charge is 0.433 e. The van der Waals surface area contributed by atoms with Crippen molar-refractivity contribution in [3.05, 3.63) is 42.4 Å². The van der Waals surface area contributed by atoms with Crippen molar-refractivity contribution in [1.82, 2.24) is 24.8 Å². The predicted octanol–water partition coefficient (Wildman–Crippen LogP) is 2.36. The van der Waals surface area contributed by atoms with E-state index in [-0.39, 0.29) is 11.9 Å². The van der Waals surface area contributed by atoms with Gasteiger partial charge in [0.1, 0.15) is 17.8 Å². The van der Waals surface area contributed by atoms with Crippen LogP contribution in [0.1, 0.15) is 24.2 Å². The van der Waals surface area contributed by atoms with Gasteiger partial charge >= 0.3 is 6.18 Å². The molecule has 0 saturated carbocycles. The lowest BCUT2D eigenvalue weighted by atomic mass is 10.1. The van der Waals surface area contributed by atoms with Crippen LogP contribution in [0.5, 0.6) is 0 Å². The third kappa shape index (κ3) is 4.38. The lowest BCUT2D eigenvalue weighted by molar-refractivity contribution is -0.141. The topological polar surface area (TPSA) is 66.8 Å². The van der Waals surface area contributed by atoms with Crippen molar-refractivity contribution in [3.8, 4) is 0 Å². The van der Waals surface area contributed by atoms with E-state index in [4.69, 9.17) is 0 Å². The Morgan fingerprint density at radius 1 is 1.21 bits per heavy atom. The molecule has 2 aromatic heterocycles. The highest BCUT2D eigenvalue weighted by Gasteiger charge is 2.33. The summed E-state index contributed by atoms with van der Waals surface area (Å²) >= 11 is 0. The van der Waals surface area contributed by atoms with Crippen LogP contribution in [-0.4, -0.2) is 44.0 Å². The number of aromatic nitrogens is 4. The number of anilines is 1. The van der Waals surface area contributed by atoms with Crippen LogP contribution < -0.4 is 5.32 Å². The summed E-state index contributed by atoms with van der Waals surface area (Å²) in [5, 5.41) is 3.08. The summed E-state index contributed by atoms with van der Waals surface area (Å²) in [7, 11) is 0. The van der Waals surface area contributed by atoms with Crippen LogP contribution in [0.3, 0.4) is 0 Å². The molecule has 2 aromatic rings. The minimum atomic E-state index is -4.47. The Kier molecular flexibility index (Phi) is 4.89. The number of alkyl halides is 3. The van der Waals surface area contributed by atoms with Gasteiger partial charge in [-0.1, -0.05) is 0 Å². The average molecular weight is 338 g/mol. The Hall–Kier alpha value is -2.29. The first kappa shape index (κ1) is 16.6. The second-order valence-corrected chi connectivity index (χ2v) is 5.70. The molecule has 9 heteroatoms. The summed E-state index contributed by atoms with van der Waals surface area (Å²) in [6.07, 6.45) is 3.29. The van der Waals surface area contributed by atoms with Gasteiger partial charge in [-0.05, 0) is 19.4 Å². The molecule has 0 amide bonds. The number of halogens is 3. The van der Waals surface area contributed by atoms with Crippen molar-refractivity contribution in [3.63, 3.8) is 0 Å². The Morgan fingerprint density at radius 3 is 2.83 bits per heavy atom. The number of piperidine rings is 1. The maximum absolute atomic E-state index is 12.7. The van der Waals surface area contributed by atoms with Crippen molar-refractivity contribution in [1.29, 1.82) is 0 Å². The van der Waals surface area contributed by atoms with Crippen molar-refractivity contribution in [2.24, 2.45) is 0 Å². The van der Waals surface area contributed by atoms with E-state index in [9.17, 15) is 13.2 Å². The molecule has 24 heavy (non-hydrogen) atoms. The molecule has 0 aromatic carbocycles. The van der Waals surface area contributed by atoms with Gasteiger partial charge in [0, 0.05) is 43.8 Å². The van der Waals surface area contributed by atoms with Gasteiger partial charge in [-0.3, -0.25) is 14.9 Å². The zero-order valence-electron chi connectivity index (χ0n) is 12.9. The van der Waals surface area contributed by atoms with E-state index in [2.05, 4.69) is 30.2 Å². The SMILES string of the molecule is FC(F)(F)c1cc(NC2CCCN(Cc3cnccn3)C2)ncn1. The quantitative estimate of drug-likeness (QED) is 0.923. The van der Waals surface area contributed by atoms with Crippen LogP contribution >= 0.6 is 0 Å². The molecule has 1 aliphatic heterocycles. The Labute approximate surface area is 137 Å². The summed E-state index contributed by atoms with van der Waals surface area (Å²) in [4.78, 5) is 17.7. The molecule has 1 unspecified atom stereocenters. The lowest BCUT2D eigenvalue weighted by Gasteiger charge is -2.33. The molecular formula is C15H17F3N6. The Morgan fingerprint density at radius 2 is 2.08 bits per heavy atom. The molecular weight excluding hydrogens is 321 g/mol. The first-order valence-electron chi connectivity index (χ1n) is 7.64. The molecule has 0 radical (unpaired) electrons. The molecule has 1 aliphatic rings. The van der Waals surface area contributed by atoms with Gasteiger partial charge in [0.2, 0.25) is 0 Å². The molecule has 1 saturated heterocycles. The first-order valence-corrected chi connectivity index (χ1v) is 7.64. The summed E-state index contributed by atoms with van der Waals surface area (Å²) in [6.45, 7) is 2.30. The number of nitrogens with one attached hydrogen (secondary N) is 1. The zero-order valence-corrected chi connectivity index (χ0v) is 12.9. The number of nitrogens with zero attached hydrogens (tertiary/aromatic N) is 5. The van der Waals surface area contributed by atoms with E-state index < -0.39 is 11.9 Å². The maximum Gasteiger partial charge on any atom is 0.433 e. The van der Waals surface area contributed by atoms with Crippen molar-refractivity contribution in [2.45, 2.75) is 31.6 Å². The van der Waals surface area contributed by atoms with Crippen molar-refractivity contribution >= 4 is 5.82 Å². The van der Waals surface area contributed by atoms with E-state index in [0.29, 0.717) is 13.1 Å². The fraction of sp³-hybridized carbons (Fsp3) is 0.467. The van der Waals surface area contributed by atoms with Crippen molar-refractivity contribution < 1.29 is 13.2 Å². The first-order chi connectivity index (χ1) is 11.5. The Bertz CT molecular complexity index is 664. The molecule has 3 rings (SSSR count). The fourth-order valence-corrected chi connectivity index (χ4v) is 2.76. The Balaban J connectivity index is 1.61. The summed E-state index contributed by atoms with van der Waals surface area (Å²) < 4.78 is 38.1. The number of likely N-dealkylation sites (tertiary alicyclic amines) is 1. The van der Waals surface area contributed by atoms with Gasteiger partial charge in [0.05, 0.1) is 5.69 Å². The van der Waals surface area contributed by atoms with Gasteiger partial charge in [0.15, 0.2) is 0 Å². The van der Waals surface area contributed by atoms with Crippen LogP contribution in [0.2, 0.25) is 0 Å². The highest BCUT2D eigenvalue weighted by molar-refractivity contribution is 5.37. The van der Waals surface area contributed by atoms with Gasteiger partial charge in [-0.15, -0.1) is 0 Å². The maximum atomic E-state index is 12.7. The van der Waals surface area contributed by atoms with Crippen LogP contribution in [0, 0.1) is 0 Å². The van der Waals surface area contributed by atoms with E-state index in [1.54, 1.807) is 18.6 Å². The number of hydrogen-bond donors (Lipinski definition) is 1. The highest BCUT2D eigenvalue weighted by atomic mass is 19.4. The molecule has 0 aliphatic carbocycles. The minimum absolute atomic E-state index is 0.0337. The molecule has 1 atom stereocenters. The smallest absolute Gasteiger partial charge is 0.366 e. The van der Waals surface area contributed by atoms with E-state index in [0.717, 1.165) is 37.5 Å². The van der Waals surface area contributed by atoms with E-state index in [1.807, 2.05) is 0 Å². The molecule has 1 N–H and O–H groups in total. The lowest BCUT2D eigenvalue weighted by Crippen LogP contribution is -2.41. The summed E-state index contributed by atoms with van der Waals surface area (Å²) in [5.74, 6) is 0.198. The van der Waals surface area contributed by atoms with Gasteiger partial charge in [0.25, 0.3) is 0 Å². The second kappa shape index (κ2) is 7.08. The highest BCUT2D eigenvalue weighted by Crippen LogP contribution is 2.28. The third-order valence-electron chi connectivity index (χ3n) is 3.82. The molecule has 6 nitrogen and oxygen atoms in total. The fourth-order valence-electron chi connectivity index (χ4n) is 2.76. The third-order valence-corrected chi connectivity index (χ3v) is 3.82. The zero-order chi connectivity index (χ0) is 17.0. The predicted molar refractivity (Wildman–Crippen MR) is 81.0 cm³/mol. The van der Waals surface area contributed by atoms with Crippen LogP contribution in [0.25, 0.3) is 0 Å². The van der Waals surface area contributed by atoms with Crippen LogP contribution in [0.15, 0.2) is 31.0 Å². The monoisotopic (exact) mass is 338 g/mol. The van der Waals surface area contributed by atoms with Gasteiger partial charge < -0.3 is 5.32 Å². The molecule has 0 bridgehead atoms. The molecule has 0 spiro atoms. The van der Waals surface area contributed by atoms with E-state index in [1.165, 1.54) is 0 Å². The normalized spacial score (nSPS) is 19.2. The van der Waals surface area contributed by atoms with Gasteiger partial charge in [-0.2, -0.15) is 13.2 Å². The number of rotatable bonds is 4.